The Labute approximate surface area is 223 Å². The summed E-state index contributed by atoms with van der Waals surface area (Å²) in [7, 11) is 0. The summed E-state index contributed by atoms with van der Waals surface area (Å²) in [6.45, 7) is 0. The molecular weight excluding hydrogens is 494 g/mol. The van der Waals surface area contributed by atoms with Gasteiger partial charge in [0.1, 0.15) is 9.86 Å². The topological polar surface area (TPSA) is 47.3 Å². The number of benzene rings is 3. The summed E-state index contributed by atoms with van der Waals surface area (Å²) in [6, 6.07) is 29.2. The summed E-state index contributed by atoms with van der Waals surface area (Å²) in [5, 5.41) is 8.65. The van der Waals surface area contributed by atoms with E-state index >= 15 is 0 Å². The van der Waals surface area contributed by atoms with Gasteiger partial charge in [-0.15, -0.1) is 11.3 Å². The Morgan fingerprint density at radius 3 is 2.16 bits per heavy atom. The van der Waals surface area contributed by atoms with Crippen LogP contribution in [0.15, 0.2) is 94.7 Å². The molecule has 6 heteroatoms. The third-order valence-corrected chi connectivity index (χ3v) is 9.73. The van der Waals surface area contributed by atoms with Gasteiger partial charge >= 0.3 is 0 Å². The molecule has 37 heavy (non-hydrogen) atoms. The van der Waals surface area contributed by atoms with Crippen molar-refractivity contribution in [1.82, 2.24) is 14.6 Å². The Balaban J connectivity index is 1.47. The molecular formula is C31H25N3OS2. The van der Waals surface area contributed by atoms with E-state index in [0.717, 1.165) is 45.3 Å². The molecule has 0 amide bonds. The smallest absolute Gasteiger partial charge is 0.267 e. The second-order valence-electron chi connectivity index (χ2n) is 9.57. The number of thiophene rings is 1. The van der Waals surface area contributed by atoms with E-state index in [2.05, 4.69) is 60.7 Å². The Morgan fingerprint density at radius 2 is 1.43 bits per heavy atom. The van der Waals surface area contributed by atoms with Crippen molar-refractivity contribution >= 4 is 49.7 Å². The van der Waals surface area contributed by atoms with Crippen LogP contribution in [0.1, 0.15) is 46.1 Å². The van der Waals surface area contributed by atoms with E-state index in [-0.39, 0.29) is 10.8 Å². The Hall–Kier alpha value is -3.48. The van der Waals surface area contributed by atoms with E-state index < -0.39 is 0 Å². The van der Waals surface area contributed by atoms with Crippen LogP contribution in [0, 0.1) is 0 Å². The predicted molar refractivity (Wildman–Crippen MR) is 154 cm³/mol. The average molecular weight is 520 g/mol. The number of hydrogen-bond acceptors (Lipinski definition) is 5. The molecule has 0 atom stereocenters. The van der Waals surface area contributed by atoms with Crippen LogP contribution >= 0.6 is 23.1 Å². The SMILES string of the molecule is O=c1c2c3c(sc2nc2c4ccccc4c(SC(c4ccccc4)c4ccccc4)nn12)CCCCC3. The van der Waals surface area contributed by atoms with Gasteiger partial charge in [-0.3, -0.25) is 4.79 Å². The van der Waals surface area contributed by atoms with Crippen LogP contribution in [0.5, 0.6) is 0 Å². The van der Waals surface area contributed by atoms with Gasteiger partial charge < -0.3 is 0 Å². The highest BCUT2D eigenvalue weighted by Gasteiger charge is 2.23. The van der Waals surface area contributed by atoms with E-state index in [1.807, 2.05) is 24.3 Å². The fourth-order valence-corrected chi connectivity index (χ4v) is 7.93. The van der Waals surface area contributed by atoms with Crippen LogP contribution in [0.4, 0.5) is 0 Å². The lowest BCUT2D eigenvalue weighted by Gasteiger charge is -2.19. The number of aryl methyl sites for hydroxylation is 2. The number of fused-ring (bicyclic) bond motifs is 6. The van der Waals surface area contributed by atoms with Gasteiger partial charge in [0, 0.05) is 15.6 Å². The highest BCUT2D eigenvalue weighted by atomic mass is 32.2. The second-order valence-corrected chi connectivity index (χ2v) is 11.7. The fourth-order valence-electron chi connectivity index (χ4n) is 5.43. The van der Waals surface area contributed by atoms with Crippen molar-refractivity contribution in [3.8, 4) is 0 Å². The minimum absolute atomic E-state index is 0.0389. The Kier molecular flexibility index (Phi) is 5.79. The molecule has 3 aromatic heterocycles. The quantitative estimate of drug-likeness (QED) is 0.137. The van der Waals surface area contributed by atoms with Crippen LogP contribution in [0.3, 0.4) is 0 Å². The van der Waals surface area contributed by atoms with Crippen molar-refractivity contribution in [2.24, 2.45) is 0 Å². The number of nitrogens with zero attached hydrogens (tertiary/aromatic N) is 3. The maximum Gasteiger partial charge on any atom is 0.283 e. The Bertz CT molecular complexity index is 1770. The van der Waals surface area contributed by atoms with E-state index in [1.54, 1.807) is 27.6 Å². The van der Waals surface area contributed by atoms with Crippen molar-refractivity contribution < 1.29 is 0 Å². The molecule has 1 aliphatic carbocycles. The molecule has 0 fully saturated rings. The van der Waals surface area contributed by atoms with Crippen LogP contribution in [0.2, 0.25) is 0 Å². The van der Waals surface area contributed by atoms with Gasteiger partial charge in [0.25, 0.3) is 5.56 Å². The molecule has 3 aromatic carbocycles. The molecule has 0 saturated heterocycles. The summed E-state index contributed by atoms with van der Waals surface area (Å²) in [4.78, 5) is 21.3. The molecule has 0 saturated carbocycles. The van der Waals surface area contributed by atoms with Gasteiger partial charge in [-0.25, -0.2) is 4.98 Å². The van der Waals surface area contributed by atoms with Crippen LogP contribution in [-0.4, -0.2) is 14.6 Å². The highest BCUT2D eigenvalue weighted by Crippen LogP contribution is 2.42. The van der Waals surface area contributed by atoms with Gasteiger partial charge in [-0.2, -0.15) is 9.61 Å². The minimum Gasteiger partial charge on any atom is -0.267 e. The van der Waals surface area contributed by atoms with Crippen molar-refractivity contribution in [1.29, 1.82) is 0 Å². The van der Waals surface area contributed by atoms with Crippen molar-refractivity contribution in [3.63, 3.8) is 0 Å². The fraction of sp³-hybridized carbons (Fsp3) is 0.194. The summed E-state index contributed by atoms with van der Waals surface area (Å²) in [5.74, 6) is 0. The molecule has 0 unspecified atom stereocenters. The largest absolute Gasteiger partial charge is 0.283 e. The Morgan fingerprint density at radius 1 is 0.784 bits per heavy atom. The van der Waals surface area contributed by atoms with Gasteiger partial charge in [-0.1, -0.05) is 103 Å². The average Bonchev–Trinajstić information content (AvgIpc) is 3.14. The van der Waals surface area contributed by atoms with Gasteiger partial charge in [-0.05, 0) is 42.4 Å². The van der Waals surface area contributed by atoms with E-state index in [9.17, 15) is 4.79 Å². The third-order valence-electron chi connectivity index (χ3n) is 7.24. The normalized spacial score (nSPS) is 13.9. The molecule has 0 radical (unpaired) electrons. The number of hydrogen-bond donors (Lipinski definition) is 0. The number of thioether (sulfide) groups is 1. The number of rotatable bonds is 4. The zero-order valence-corrected chi connectivity index (χ0v) is 21.9. The molecule has 182 valence electrons. The van der Waals surface area contributed by atoms with Crippen molar-refractivity contribution in [2.75, 3.05) is 0 Å². The second kappa shape index (κ2) is 9.43. The summed E-state index contributed by atoms with van der Waals surface area (Å²) < 4.78 is 1.57. The van der Waals surface area contributed by atoms with Gasteiger partial charge in [0.2, 0.25) is 0 Å². The van der Waals surface area contributed by atoms with E-state index in [1.165, 1.54) is 34.4 Å². The monoisotopic (exact) mass is 519 g/mol. The minimum atomic E-state index is -0.0389. The first kappa shape index (κ1) is 22.7. The summed E-state index contributed by atoms with van der Waals surface area (Å²) >= 11 is 3.39. The number of aromatic nitrogens is 3. The standard InChI is InChI=1S/C31H25N3OS2/c35-31-26-24-18-8-3-9-19-25(24)36-30(26)32-28-22-16-10-11-17-23(22)29(33-34(28)31)37-27(20-12-4-1-5-13-20)21-14-6-2-7-15-21/h1-2,4-7,10-17,27H,3,8-9,18-19H2. The van der Waals surface area contributed by atoms with Gasteiger partial charge in [0.15, 0.2) is 5.65 Å². The first-order valence-corrected chi connectivity index (χ1v) is 14.5. The zero-order chi connectivity index (χ0) is 24.8. The molecule has 0 bridgehead atoms. The van der Waals surface area contributed by atoms with Crippen LogP contribution < -0.4 is 5.56 Å². The highest BCUT2D eigenvalue weighted by molar-refractivity contribution is 7.99. The molecule has 3 heterocycles. The predicted octanol–water partition coefficient (Wildman–Crippen LogP) is 7.61. The van der Waals surface area contributed by atoms with Crippen LogP contribution in [-0.2, 0) is 12.8 Å². The maximum atomic E-state index is 14.0. The first-order chi connectivity index (χ1) is 18.3. The third kappa shape index (κ3) is 3.95. The lowest BCUT2D eigenvalue weighted by molar-refractivity contribution is 0.713. The molecule has 6 aromatic rings. The lowest BCUT2D eigenvalue weighted by atomic mass is 10.0. The van der Waals surface area contributed by atoms with Crippen molar-refractivity contribution in [3.05, 3.63) is 117 Å². The maximum absolute atomic E-state index is 14.0. The molecule has 4 nitrogen and oxygen atoms in total. The van der Waals surface area contributed by atoms with E-state index in [4.69, 9.17) is 10.1 Å². The van der Waals surface area contributed by atoms with E-state index in [0.29, 0.717) is 5.65 Å². The molecule has 7 rings (SSSR count). The summed E-state index contributed by atoms with van der Waals surface area (Å²) in [5.41, 5.74) is 4.22. The zero-order valence-electron chi connectivity index (χ0n) is 20.3. The lowest BCUT2D eigenvalue weighted by Crippen LogP contribution is -2.19. The molecule has 0 spiro atoms. The molecule has 0 N–H and O–H groups in total. The van der Waals surface area contributed by atoms with Crippen LogP contribution in [0.25, 0.3) is 26.6 Å². The molecule has 0 aliphatic heterocycles. The van der Waals surface area contributed by atoms with Gasteiger partial charge in [0.05, 0.1) is 10.6 Å². The molecule has 1 aliphatic rings. The van der Waals surface area contributed by atoms with Crippen molar-refractivity contribution in [2.45, 2.75) is 42.4 Å². The summed E-state index contributed by atoms with van der Waals surface area (Å²) in [6.07, 6.45) is 5.53. The first-order valence-electron chi connectivity index (χ1n) is 12.8.